The highest BCUT2D eigenvalue weighted by Gasteiger charge is 2.30. The van der Waals surface area contributed by atoms with Gasteiger partial charge in [0.1, 0.15) is 0 Å². The minimum Gasteiger partial charge on any atom is -0.366 e. The van der Waals surface area contributed by atoms with E-state index in [2.05, 4.69) is 9.80 Å². The van der Waals surface area contributed by atoms with Crippen molar-refractivity contribution in [3.8, 4) is 0 Å². The Hall–Kier alpha value is -1.39. The summed E-state index contributed by atoms with van der Waals surface area (Å²) in [7, 11) is 0. The van der Waals surface area contributed by atoms with E-state index < -0.39 is 0 Å². The fraction of sp³-hybridized carbons (Fsp3) is 0.533. The first kappa shape index (κ1) is 12.6. The largest absolute Gasteiger partial charge is 0.366 e. The lowest BCUT2D eigenvalue weighted by Gasteiger charge is -2.37. The molecule has 4 heteroatoms. The molecule has 0 bridgehead atoms. The molecule has 2 aliphatic rings. The molecule has 1 amide bonds. The third kappa shape index (κ3) is 2.65. The summed E-state index contributed by atoms with van der Waals surface area (Å²) in [6, 6.07) is 8.41. The van der Waals surface area contributed by atoms with E-state index in [1.54, 1.807) is 0 Å². The summed E-state index contributed by atoms with van der Waals surface area (Å²) in [5.74, 6) is -0.324. The maximum Gasteiger partial charge on any atom is 0.249 e. The number of primary amides is 1. The van der Waals surface area contributed by atoms with Crippen molar-refractivity contribution < 1.29 is 4.79 Å². The van der Waals surface area contributed by atoms with Crippen LogP contribution in [0.1, 0.15) is 28.8 Å². The minimum absolute atomic E-state index is 0.324. The molecule has 1 unspecified atom stereocenters. The third-order valence-electron chi connectivity index (χ3n) is 4.35. The number of piperazine rings is 1. The van der Waals surface area contributed by atoms with Crippen molar-refractivity contribution in [1.82, 2.24) is 9.80 Å². The Morgan fingerprint density at radius 1 is 1.26 bits per heavy atom. The molecule has 0 aromatic heterocycles. The van der Waals surface area contributed by atoms with Crippen LogP contribution in [0.5, 0.6) is 0 Å². The molecule has 2 N–H and O–H groups in total. The second-order valence-electron chi connectivity index (χ2n) is 5.59. The number of rotatable bonds is 3. The van der Waals surface area contributed by atoms with Gasteiger partial charge in [-0.25, -0.2) is 0 Å². The normalized spacial score (nSPS) is 24.3. The first-order valence-corrected chi connectivity index (χ1v) is 7.08. The SMILES string of the molecule is NC(=O)c1ccccc1CN1CCN2CCCC2C1. The Labute approximate surface area is 114 Å². The Bertz CT molecular complexity index is 474. The molecule has 2 heterocycles. The van der Waals surface area contributed by atoms with Crippen molar-refractivity contribution in [3.05, 3.63) is 35.4 Å². The Kier molecular flexibility index (Phi) is 3.53. The highest BCUT2D eigenvalue weighted by atomic mass is 16.1. The molecular formula is C15H21N3O. The summed E-state index contributed by atoms with van der Waals surface area (Å²) in [5, 5.41) is 0. The molecule has 2 fully saturated rings. The summed E-state index contributed by atoms with van der Waals surface area (Å²) in [6.45, 7) is 5.46. The number of benzene rings is 1. The molecule has 1 atom stereocenters. The molecule has 1 aromatic carbocycles. The van der Waals surface area contributed by atoms with Crippen LogP contribution in [0.25, 0.3) is 0 Å². The number of amides is 1. The number of nitrogens with two attached hydrogens (primary N) is 1. The predicted molar refractivity (Wildman–Crippen MR) is 74.8 cm³/mol. The van der Waals surface area contributed by atoms with Crippen molar-refractivity contribution in [3.63, 3.8) is 0 Å². The Balaban J connectivity index is 1.70. The molecule has 0 saturated carbocycles. The third-order valence-corrected chi connectivity index (χ3v) is 4.35. The zero-order valence-electron chi connectivity index (χ0n) is 11.2. The fourth-order valence-corrected chi connectivity index (χ4v) is 3.34. The Morgan fingerprint density at radius 2 is 2.11 bits per heavy atom. The first-order chi connectivity index (χ1) is 9.24. The van der Waals surface area contributed by atoms with E-state index in [9.17, 15) is 4.79 Å². The van der Waals surface area contributed by atoms with Gasteiger partial charge in [0.25, 0.3) is 0 Å². The van der Waals surface area contributed by atoms with Gasteiger partial charge in [-0.3, -0.25) is 14.6 Å². The molecular weight excluding hydrogens is 238 g/mol. The number of carbonyl (C=O) groups excluding carboxylic acids is 1. The van der Waals surface area contributed by atoms with E-state index >= 15 is 0 Å². The summed E-state index contributed by atoms with van der Waals surface area (Å²) < 4.78 is 0. The minimum atomic E-state index is -0.324. The van der Waals surface area contributed by atoms with Gasteiger partial charge in [-0.2, -0.15) is 0 Å². The van der Waals surface area contributed by atoms with Gasteiger partial charge in [-0.15, -0.1) is 0 Å². The topological polar surface area (TPSA) is 49.6 Å². The quantitative estimate of drug-likeness (QED) is 0.883. The van der Waals surface area contributed by atoms with E-state index in [0.29, 0.717) is 5.56 Å². The molecule has 0 spiro atoms. The van der Waals surface area contributed by atoms with Gasteiger partial charge in [0.15, 0.2) is 0 Å². The first-order valence-electron chi connectivity index (χ1n) is 7.08. The standard InChI is InChI=1S/C15H21N3O/c16-15(19)14-6-2-1-4-12(14)10-17-8-9-18-7-3-5-13(18)11-17/h1-2,4,6,13H,3,5,7-11H2,(H2,16,19). The van der Waals surface area contributed by atoms with Gasteiger partial charge in [0, 0.05) is 37.8 Å². The highest BCUT2D eigenvalue weighted by Crippen LogP contribution is 2.23. The van der Waals surface area contributed by atoms with Gasteiger partial charge in [0.05, 0.1) is 0 Å². The predicted octanol–water partition coefficient (Wildman–Crippen LogP) is 1.07. The van der Waals surface area contributed by atoms with Crippen LogP contribution in [-0.4, -0.2) is 47.9 Å². The lowest BCUT2D eigenvalue weighted by Crippen LogP contribution is -2.49. The van der Waals surface area contributed by atoms with Gasteiger partial charge in [-0.05, 0) is 31.0 Å². The number of hydrogen-bond acceptors (Lipinski definition) is 3. The van der Waals surface area contributed by atoms with Crippen LogP contribution in [0.4, 0.5) is 0 Å². The number of fused-ring (bicyclic) bond motifs is 1. The second kappa shape index (κ2) is 5.31. The molecule has 102 valence electrons. The van der Waals surface area contributed by atoms with E-state index in [4.69, 9.17) is 5.73 Å². The molecule has 0 aliphatic carbocycles. The van der Waals surface area contributed by atoms with E-state index in [1.165, 1.54) is 19.4 Å². The molecule has 19 heavy (non-hydrogen) atoms. The smallest absolute Gasteiger partial charge is 0.249 e. The van der Waals surface area contributed by atoms with Crippen molar-refractivity contribution in [2.45, 2.75) is 25.4 Å². The molecule has 0 radical (unpaired) electrons. The lowest BCUT2D eigenvalue weighted by atomic mass is 10.1. The average Bonchev–Trinajstić information content (AvgIpc) is 2.86. The van der Waals surface area contributed by atoms with E-state index in [1.807, 2.05) is 24.3 Å². The van der Waals surface area contributed by atoms with Crippen LogP contribution in [0.2, 0.25) is 0 Å². The molecule has 4 nitrogen and oxygen atoms in total. The summed E-state index contributed by atoms with van der Waals surface area (Å²) in [4.78, 5) is 16.5. The van der Waals surface area contributed by atoms with Crippen molar-refractivity contribution >= 4 is 5.91 Å². The van der Waals surface area contributed by atoms with Gasteiger partial charge in [0.2, 0.25) is 5.91 Å². The Morgan fingerprint density at radius 3 is 2.95 bits per heavy atom. The molecule has 2 saturated heterocycles. The van der Waals surface area contributed by atoms with Crippen LogP contribution in [0.15, 0.2) is 24.3 Å². The van der Waals surface area contributed by atoms with Crippen molar-refractivity contribution in [1.29, 1.82) is 0 Å². The highest BCUT2D eigenvalue weighted by molar-refractivity contribution is 5.94. The number of nitrogens with zero attached hydrogens (tertiary/aromatic N) is 2. The average molecular weight is 259 g/mol. The summed E-state index contributed by atoms with van der Waals surface area (Å²) in [6.07, 6.45) is 2.64. The molecule has 2 aliphatic heterocycles. The summed E-state index contributed by atoms with van der Waals surface area (Å²) in [5.41, 5.74) is 7.16. The molecule has 3 rings (SSSR count). The van der Waals surface area contributed by atoms with E-state index in [0.717, 1.165) is 37.8 Å². The van der Waals surface area contributed by atoms with Crippen LogP contribution in [0.3, 0.4) is 0 Å². The van der Waals surface area contributed by atoms with Crippen LogP contribution < -0.4 is 5.73 Å². The van der Waals surface area contributed by atoms with Crippen molar-refractivity contribution in [2.75, 3.05) is 26.2 Å². The van der Waals surface area contributed by atoms with Crippen LogP contribution in [-0.2, 0) is 6.54 Å². The summed E-state index contributed by atoms with van der Waals surface area (Å²) >= 11 is 0. The number of carbonyl (C=O) groups is 1. The van der Waals surface area contributed by atoms with E-state index in [-0.39, 0.29) is 5.91 Å². The van der Waals surface area contributed by atoms with Crippen LogP contribution >= 0.6 is 0 Å². The van der Waals surface area contributed by atoms with Gasteiger partial charge in [-0.1, -0.05) is 18.2 Å². The second-order valence-corrected chi connectivity index (χ2v) is 5.59. The fourth-order valence-electron chi connectivity index (χ4n) is 3.34. The lowest BCUT2D eigenvalue weighted by molar-refractivity contribution is 0.0963. The monoisotopic (exact) mass is 259 g/mol. The van der Waals surface area contributed by atoms with Crippen molar-refractivity contribution in [2.24, 2.45) is 5.73 Å². The van der Waals surface area contributed by atoms with Gasteiger partial charge < -0.3 is 5.73 Å². The maximum absolute atomic E-state index is 11.4. The molecule has 1 aromatic rings. The number of hydrogen-bond donors (Lipinski definition) is 1. The van der Waals surface area contributed by atoms with Crippen LogP contribution in [0, 0.1) is 0 Å². The zero-order chi connectivity index (χ0) is 13.2. The zero-order valence-corrected chi connectivity index (χ0v) is 11.2. The van der Waals surface area contributed by atoms with Gasteiger partial charge >= 0.3 is 0 Å². The maximum atomic E-state index is 11.4.